The maximum atomic E-state index is 11.5. The van der Waals surface area contributed by atoms with E-state index in [2.05, 4.69) is 0 Å². The zero-order chi connectivity index (χ0) is 20.4. The van der Waals surface area contributed by atoms with Crippen LogP contribution >= 0.6 is 0 Å². The SMILES string of the molecule is CC(C)(C)OC(=O)CCOCCOCCOCCCCCOCCC(=O)O. The van der Waals surface area contributed by atoms with Crippen LogP contribution in [0.3, 0.4) is 0 Å². The van der Waals surface area contributed by atoms with Gasteiger partial charge in [0.05, 0.1) is 52.5 Å². The fraction of sp³-hybridized carbons (Fsp3) is 0.895. The maximum Gasteiger partial charge on any atom is 0.308 e. The van der Waals surface area contributed by atoms with Crippen molar-refractivity contribution in [3.63, 3.8) is 0 Å². The number of esters is 1. The average molecular weight is 392 g/mol. The summed E-state index contributed by atoms with van der Waals surface area (Å²) in [5, 5.41) is 8.45. The van der Waals surface area contributed by atoms with Gasteiger partial charge in [-0.15, -0.1) is 0 Å². The van der Waals surface area contributed by atoms with Crippen LogP contribution in [-0.4, -0.2) is 75.5 Å². The van der Waals surface area contributed by atoms with E-state index in [4.69, 9.17) is 28.8 Å². The monoisotopic (exact) mass is 392 g/mol. The molecule has 0 saturated carbocycles. The van der Waals surface area contributed by atoms with Gasteiger partial charge in [0.15, 0.2) is 0 Å². The second kappa shape index (κ2) is 16.9. The van der Waals surface area contributed by atoms with Gasteiger partial charge in [0.1, 0.15) is 5.60 Å². The van der Waals surface area contributed by atoms with Gasteiger partial charge in [-0.1, -0.05) is 0 Å². The highest BCUT2D eigenvalue weighted by molar-refractivity contribution is 5.69. The Bertz CT molecular complexity index is 378. The molecule has 0 radical (unpaired) electrons. The summed E-state index contributed by atoms with van der Waals surface area (Å²) < 4.78 is 26.5. The van der Waals surface area contributed by atoms with Gasteiger partial charge in [0.25, 0.3) is 0 Å². The van der Waals surface area contributed by atoms with Gasteiger partial charge in [-0.3, -0.25) is 9.59 Å². The number of carboxylic acid groups (broad SMARTS) is 1. The number of aliphatic carboxylic acids is 1. The Morgan fingerprint density at radius 1 is 0.667 bits per heavy atom. The highest BCUT2D eigenvalue weighted by Gasteiger charge is 2.15. The van der Waals surface area contributed by atoms with Gasteiger partial charge in [0.2, 0.25) is 0 Å². The molecule has 0 saturated heterocycles. The van der Waals surface area contributed by atoms with Crippen molar-refractivity contribution in [3.05, 3.63) is 0 Å². The van der Waals surface area contributed by atoms with Gasteiger partial charge in [-0.25, -0.2) is 0 Å². The van der Waals surface area contributed by atoms with Crippen molar-refractivity contribution in [2.24, 2.45) is 0 Å². The van der Waals surface area contributed by atoms with E-state index in [1.807, 2.05) is 20.8 Å². The lowest BCUT2D eigenvalue weighted by molar-refractivity contribution is -0.156. The number of rotatable bonds is 18. The van der Waals surface area contributed by atoms with Crippen LogP contribution in [0.1, 0.15) is 52.9 Å². The molecule has 0 bridgehead atoms. The van der Waals surface area contributed by atoms with E-state index in [1.165, 1.54) is 0 Å². The lowest BCUT2D eigenvalue weighted by Crippen LogP contribution is -2.24. The van der Waals surface area contributed by atoms with Gasteiger partial charge < -0.3 is 28.8 Å². The van der Waals surface area contributed by atoms with Crippen LogP contribution in [0.25, 0.3) is 0 Å². The highest BCUT2D eigenvalue weighted by Crippen LogP contribution is 2.08. The molecule has 0 spiro atoms. The van der Waals surface area contributed by atoms with Crippen LogP contribution < -0.4 is 0 Å². The molecule has 0 rings (SSSR count). The Labute approximate surface area is 162 Å². The largest absolute Gasteiger partial charge is 0.481 e. The minimum Gasteiger partial charge on any atom is -0.481 e. The minimum absolute atomic E-state index is 0.0535. The number of carbonyl (C=O) groups excluding carboxylic acids is 1. The third-order valence-corrected chi connectivity index (χ3v) is 3.15. The van der Waals surface area contributed by atoms with Crippen LogP contribution in [0.2, 0.25) is 0 Å². The van der Waals surface area contributed by atoms with Crippen molar-refractivity contribution in [1.82, 2.24) is 0 Å². The van der Waals surface area contributed by atoms with Crippen molar-refractivity contribution in [2.75, 3.05) is 52.9 Å². The summed E-state index contributed by atoms with van der Waals surface area (Å²) in [7, 11) is 0. The lowest BCUT2D eigenvalue weighted by Gasteiger charge is -2.19. The summed E-state index contributed by atoms with van der Waals surface area (Å²) >= 11 is 0. The summed E-state index contributed by atoms with van der Waals surface area (Å²) in [6, 6.07) is 0. The van der Waals surface area contributed by atoms with E-state index >= 15 is 0 Å². The summed E-state index contributed by atoms with van der Waals surface area (Å²) in [6.07, 6.45) is 3.12. The first kappa shape index (κ1) is 25.8. The van der Waals surface area contributed by atoms with Crippen LogP contribution in [0.15, 0.2) is 0 Å². The molecule has 0 unspecified atom stereocenters. The summed E-state index contributed by atoms with van der Waals surface area (Å²) in [5.74, 6) is -1.10. The maximum absolute atomic E-state index is 11.5. The Morgan fingerprint density at radius 3 is 1.63 bits per heavy atom. The molecule has 0 aliphatic heterocycles. The van der Waals surface area contributed by atoms with Crippen molar-refractivity contribution in [3.8, 4) is 0 Å². The molecule has 0 amide bonds. The molecule has 0 fully saturated rings. The molecule has 0 aromatic heterocycles. The number of hydrogen-bond donors (Lipinski definition) is 1. The summed E-state index contributed by atoms with van der Waals surface area (Å²) in [5.41, 5.74) is -0.462. The molecule has 0 aromatic rings. The van der Waals surface area contributed by atoms with E-state index in [1.54, 1.807) is 0 Å². The Morgan fingerprint density at radius 2 is 1.11 bits per heavy atom. The van der Waals surface area contributed by atoms with Crippen molar-refractivity contribution in [1.29, 1.82) is 0 Å². The molecule has 8 nitrogen and oxygen atoms in total. The van der Waals surface area contributed by atoms with Gasteiger partial charge in [-0.2, -0.15) is 0 Å². The van der Waals surface area contributed by atoms with E-state index in [0.29, 0.717) is 46.2 Å². The fourth-order valence-corrected chi connectivity index (χ4v) is 1.94. The van der Waals surface area contributed by atoms with Crippen LogP contribution in [-0.2, 0) is 33.3 Å². The second-order valence-electron chi connectivity index (χ2n) is 6.99. The predicted molar refractivity (Wildman–Crippen MR) is 99.8 cm³/mol. The molecule has 0 aliphatic rings. The smallest absolute Gasteiger partial charge is 0.308 e. The molecule has 1 N–H and O–H groups in total. The number of unbranched alkanes of at least 4 members (excludes halogenated alkanes) is 2. The molecular weight excluding hydrogens is 356 g/mol. The van der Waals surface area contributed by atoms with Crippen molar-refractivity contribution >= 4 is 11.9 Å². The van der Waals surface area contributed by atoms with Crippen LogP contribution in [0.4, 0.5) is 0 Å². The topological polar surface area (TPSA) is 101 Å². The lowest BCUT2D eigenvalue weighted by atomic mass is 10.2. The van der Waals surface area contributed by atoms with Gasteiger partial charge >= 0.3 is 11.9 Å². The number of carboxylic acids is 1. The Hall–Kier alpha value is -1.22. The number of carbonyl (C=O) groups is 2. The molecule has 160 valence electrons. The van der Waals surface area contributed by atoms with E-state index in [-0.39, 0.29) is 25.4 Å². The molecule has 0 heterocycles. The molecule has 27 heavy (non-hydrogen) atoms. The van der Waals surface area contributed by atoms with Crippen LogP contribution in [0.5, 0.6) is 0 Å². The number of hydrogen-bond acceptors (Lipinski definition) is 7. The Kier molecular flexibility index (Phi) is 16.2. The molecular formula is C19H36O8. The molecule has 8 heteroatoms. The molecule has 0 aliphatic carbocycles. The standard InChI is InChI=1S/C19H36O8/c1-19(2,3)27-18(22)8-12-25-14-16-26-15-13-24-10-6-4-5-9-23-11-7-17(20)21/h4-16H2,1-3H3,(H,20,21). The number of ether oxygens (including phenoxy) is 5. The minimum atomic E-state index is -0.835. The first-order valence-corrected chi connectivity index (χ1v) is 9.56. The second-order valence-corrected chi connectivity index (χ2v) is 6.99. The summed E-state index contributed by atoms with van der Waals surface area (Å²) in [4.78, 5) is 21.7. The quantitative estimate of drug-likeness (QED) is 0.280. The molecule has 0 atom stereocenters. The first-order valence-electron chi connectivity index (χ1n) is 9.56. The normalized spacial score (nSPS) is 11.5. The van der Waals surface area contributed by atoms with Crippen LogP contribution in [0, 0.1) is 0 Å². The zero-order valence-electron chi connectivity index (χ0n) is 17.0. The third-order valence-electron chi connectivity index (χ3n) is 3.15. The predicted octanol–water partition coefficient (Wildman–Crippen LogP) is 2.43. The fourth-order valence-electron chi connectivity index (χ4n) is 1.94. The van der Waals surface area contributed by atoms with Crippen molar-refractivity contribution < 1.29 is 38.4 Å². The van der Waals surface area contributed by atoms with E-state index < -0.39 is 11.6 Å². The average Bonchev–Trinajstić information content (AvgIpc) is 2.55. The van der Waals surface area contributed by atoms with E-state index in [9.17, 15) is 9.59 Å². The van der Waals surface area contributed by atoms with Gasteiger partial charge in [-0.05, 0) is 40.0 Å². The first-order chi connectivity index (χ1) is 12.8. The van der Waals surface area contributed by atoms with E-state index in [0.717, 1.165) is 19.3 Å². The summed E-state index contributed by atoms with van der Waals surface area (Å²) in [6.45, 7) is 9.30. The highest BCUT2D eigenvalue weighted by atomic mass is 16.6. The van der Waals surface area contributed by atoms with Crippen molar-refractivity contribution in [2.45, 2.75) is 58.5 Å². The molecule has 0 aromatic carbocycles. The zero-order valence-corrected chi connectivity index (χ0v) is 17.0. The third kappa shape index (κ3) is 22.7. The Balaban J connectivity index is 3.15. The van der Waals surface area contributed by atoms with Gasteiger partial charge in [0, 0.05) is 13.2 Å².